The zero-order chi connectivity index (χ0) is 36.9. The topological polar surface area (TPSA) is 152 Å². The normalized spacial score (nSPS) is 14.8. The van der Waals surface area contributed by atoms with Gasteiger partial charge in [0.15, 0.2) is 0 Å². The standard InChI is InChI=1S/C34H35F3N6O7S2/c35-34(36,37)24-11-12-29-27(23-24)42(26-9-4-5-10-28(26)51-29)17-6-16-40-18-20-41(21-19-40)31(45)14-13-30(44)38-15-22-49-32-33(43(46)50-39-32)52(47,48)25-7-2-1-3-8-25/h1-5,7-12,23H,6,13-22H2,(H,38,44). The van der Waals surface area contributed by atoms with Crippen molar-refractivity contribution < 1.29 is 45.4 Å². The number of sulfone groups is 1. The van der Waals surface area contributed by atoms with Crippen LogP contribution in [0.2, 0.25) is 0 Å². The number of hydrogen-bond donors (Lipinski definition) is 1. The zero-order valence-corrected chi connectivity index (χ0v) is 29.4. The highest BCUT2D eigenvalue weighted by Crippen LogP contribution is 2.49. The third-order valence-electron chi connectivity index (χ3n) is 8.62. The van der Waals surface area contributed by atoms with E-state index in [1.54, 1.807) is 11.0 Å². The number of nitrogens with one attached hydrogen (secondary N) is 1. The number of nitrogens with zero attached hydrogens (tertiary/aromatic N) is 5. The fourth-order valence-corrected chi connectivity index (χ4v) is 8.34. The predicted octanol–water partition coefficient (Wildman–Crippen LogP) is 4.27. The van der Waals surface area contributed by atoms with Crippen LogP contribution < -0.4 is 19.9 Å². The highest BCUT2D eigenvalue weighted by Gasteiger charge is 2.36. The summed E-state index contributed by atoms with van der Waals surface area (Å²) < 4.78 is 76.1. The summed E-state index contributed by atoms with van der Waals surface area (Å²) in [5.74, 6) is -1.11. The second kappa shape index (κ2) is 15.8. The summed E-state index contributed by atoms with van der Waals surface area (Å²) in [4.78, 5) is 32.5. The largest absolute Gasteiger partial charge is 0.453 e. The molecule has 0 saturated carbocycles. The lowest BCUT2D eigenvalue weighted by molar-refractivity contribution is -0.832. The number of fused-ring (bicyclic) bond motifs is 2. The van der Waals surface area contributed by atoms with Crippen LogP contribution in [-0.4, -0.2) is 87.6 Å². The molecule has 1 aromatic heterocycles. The molecule has 0 atom stereocenters. The summed E-state index contributed by atoms with van der Waals surface area (Å²) in [6.07, 6.45) is -3.81. The number of piperazine rings is 1. The van der Waals surface area contributed by atoms with Crippen LogP contribution in [0.25, 0.3) is 0 Å². The van der Waals surface area contributed by atoms with E-state index in [1.165, 1.54) is 48.2 Å². The third kappa shape index (κ3) is 8.45. The number of aromatic nitrogens is 2. The maximum absolute atomic E-state index is 13.5. The minimum absolute atomic E-state index is 0.00265. The van der Waals surface area contributed by atoms with E-state index in [4.69, 9.17) is 4.74 Å². The number of para-hydroxylation sites is 1. The first kappa shape index (κ1) is 37.0. The van der Waals surface area contributed by atoms with Crippen molar-refractivity contribution in [2.24, 2.45) is 0 Å². The number of carbonyl (C=O) groups is 2. The quantitative estimate of drug-likeness (QED) is 0.154. The fraction of sp³-hybridized carbons (Fsp3) is 0.353. The number of rotatable bonds is 13. The summed E-state index contributed by atoms with van der Waals surface area (Å²) >= 11 is 1.46. The van der Waals surface area contributed by atoms with Gasteiger partial charge in [-0.15, -0.1) is 0 Å². The zero-order valence-electron chi connectivity index (χ0n) is 27.8. The number of amides is 2. The lowest BCUT2D eigenvalue weighted by Crippen LogP contribution is -2.49. The molecule has 2 aliphatic rings. The first-order valence-electron chi connectivity index (χ1n) is 16.5. The Balaban J connectivity index is 0.912. The summed E-state index contributed by atoms with van der Waals surface area (Å²) in [7, 11) is -4.27. The SMILES string of the molecule is O=C(CCC(=O)N1CCN(CCCN2c3ccccc3Sc3ccc(C(F)(F)F)cc32)CC1)NCCOc1no[n+]([O-])c1S(=O)(=O)c1ccccc1. The van der Waals surface area contributed by atoms with Crippen LogP contribution in [-0.2, 0) is 25.6 Å². The molecule has 3 aromatic carbocycles. The number of ether oxygens (including phenoxy) is 1. The van der Waals surface area contributed by atoms with E-state index < -0.39 is 38.4 Å². The van der Waals surface area contributed by atoms with Gasteiger partial charge in [0.2, 0.25) is 11.8 Å². The summed E-state index contributed by atoms with van der Waals surface area (Å²) in [6, 6.07) is 18.8. The van der Waals surface area contributed by atoms with E-state index in [9.17, 15) is 36.4 Å². The summed E-state index contributed by atoms with van der Waals surface area (Å²) in [6.45, 7) is 3.20. The van der Waals surface area contributed by atoms with Gasteiger partial charge in [0.05, 0.1) is 33.5 Å². The van der Waals surface area contributed by atoms with Crippen LogP contribution in [0.15, 0.2) is 97.1 Å². The van der Waals surface area contributed by atoms with Crippen molar-refractivity contribution in [3.8, 4) is 5.88 Å². The summed E-state index contributed by atoms with van der Waals surface area (Å²) in [5, 5.41) is 17.2. The molecule has 6 rings (SSSR count). The van der Waals surface area contributed by atoms with E-state index in [1.807, 2.05) is 29.2 Å². The fourth-order valence-electron chi connectivity index (χ4n) is 5.97. The Labute approximate surface area is 301 Å². The maximum atomic E-state index is 13.5. The molecule has 4 aromatic rings. The number of anilines is 2. The average molecular weight is 761 g/mol. The first-order valence-corrected chi connectivity index (χ1v) is 18.8. The minimum Gasteiger partial charge on any atom is -0.453 e. The molecule has 1 N–H and O–H groups in total. The van der Waals surface area contributed by atoms with Gasteiger partial charge in [-0.1, -0.05) is 42.1 Å². The molecular weight excluding hydrogens is 726 g/mol. The van der Waals surface area contributed by atoms with Crippen molar-refractivity contribution in [3.05, 3.63) is 83.6 Å². The highest BCUT2D eigenvalue weighted by atomic mass is 32.2. The van der Waals surface area contributed by atoms with E-state index in [-0.39, 0.29) is 41.7 Å². The molecule has 0 radical (unpaired) electrons. The Hall–Kier alpha value is -4.81. The van der Waals surface area contributed by atoms with E-state index in [0.29, 0.717) is 51.4 Å². The van der Waals surface area contributed by atoms with Gasteiger partial charge in [0.25, 0.3) is 9.84 Å². The van der Waals surface area contributed by atoms with Crippen molar-refractivity contribution in [1.29, 1.82) is 0 Å². The third-order valence-corrected chi connectivity index (χ3v) is 11.5. The van der Waals surface area contributed by atoms with Gasteiger partial charge in [0.1, 0.15) is 6.61 Å². The van der Waals surface area contributed by atoms with Gasteiger partial charge in [-0.2, -0.15) is 13.2 Å². The Morgan fingerprint density at radius 3 is 2.40 bits per heavy atom. The van der Waals surface area contributed by atoms with Crippen LogP contribution in [0.3, 0.4) is 0 Å². The molecule has 0 aliphatic carbocycles. The molecule has 13 nitrogen and oxygen atoms in total. The molecular formula is C34H35F3N6O7S2. The number of carbonyl (C=O) groups excluding carboxylic acids is 2. The van der Waals surface area contributed by atoms with Crippen molar-refractivity contribution in [2.75, 3.05) is 57.3 Å². The second-order valence-electron chi connectivity index (χ2n) is 12.0. The van der Waals surface area contributed by atoms with Crippen molar-refractivity contribution in [3.63, 3.8) is 0 Å². The van der Waals surface area contributed by atoms with Crippen LogP contribution in [0, 0.1) is 5.21 Å². The molecule has 2 aliphatic heterocycles. The van der Waals surface area contributed by atoms with Crippen LogP contribution in [0.4, 0.5) is 24.5 Å². The molecule has 52 heavy (non-hydrogen) atoms. The molecule has 18 heteroatoms. The van der Waals surface area contributed by atoms with Crippen molar-refractivity contribution in [1.82, 2.24) is 20.3 Å². The lowest BCUT2D eigenvalue weighted by atomic mass is 10.1. The van der Waals surface area contributed by atoms with Gasteiger partial charge in [-0.05, 0) is 60.3 Å². The van der Waals surface area contributed by atoms with Crippen molar-refractivity contribution in [2.45, 2.75) is 45.2 Å². The molecule has 0 bridgehead atoms. The molecule has 1 saturated heterocycles. The van der Waals surface area contributed by atoms with Gasteiger partial charge in [0, 0.05) is 55.4 Å². The maximum Gasteiger partial charge on any atom is 0.416 e. The smallest absolute Gasteiger partial charge is 0.416 e. The van der Waals surface area contributed by atoms with Gasteiger partial charge in [-0.3, -0.25) is 19.1 Å². The molecule has 2 amide bonds. The molecule has 0 unspecified atom stereocenters. The van der Waals surface area contributed by atoms with Crippen molar-refractivity contribution >= 4 is 44.8 Å². The lowest BCUT2D eigenvalue weighted by Gasteiger charge is -2.36. The van der Waals surface area contributed by atoms with E-state index >= 15 is 0 Å². The highest BCUT2D eigenvalue weighted by molar-refractivity contribution is 7.99. The Morgan fingerprint density at radius 1 is 0.942 bits per heavy atom. The predicted molar refractivity (Wildman–Crippen MR) is 182 cm³/mol. The monoisotopic (exact) mass is 760 g/mol. The number of alkyl halides is 3. The summed E-state index contributed by atoms with van der Waals surface area (Å²) in [5.41, 5.74) is 0.737. The van der Waals surface area contributed by atoms with E-state index in [2.05, 4.69) is 20.0 Å². The molecule has 0 spiro atoms. The van der Waals surface area contributed by atoms with Crippen LogP contribution in [0.5, 0.6) is 5.88 Å². The minimum atomic E-state index is -4.44. The van der Waals surface area contributed by atoms with Gasteiger partial charge < -0.3 is 25.1 Å². The first-order chi connectivity index (χ1) is 24.9. The van der Waals surface area contributed by atoms with Crippen LogP contribution >= 0.6 is 11.8 Å². The molecule has 276 valence electrons. The second-order valence-corrected chi connectivity index (χ2v) is 15.0. The Bertz CT molecular complexity index is 2010. The average Bonchev–Trinajstić information content (AvgIpc) is 3.52. The van der Waals surface area contributed by atoms with Gasteiger partial charge in [-0.25, -0.2) is 8.42 Å². The Morgan fingerprint density at radius 2 is 1.65 bits per heavy atom. The Kier molecular flexibility index (Phi) is 11.3. The molecule has 3 heterocycles. The number of hydrogen-bond acceptors (Lipinski definition) is 11. The van der Waals surface area contributed by atoms with Gasteiger partial charge >= 0.3 is 17.1 Å². The van der Waals surface area contributed by atoms with E-state index in [0.717, 1.165) is 21.5 Å². The number of benzene rings is 3. The molecule has 1 fully saturated rings. The number of halogens is 3. The van der Waals surface area contributed by atoms with Crippen LogP contribution in [0.1, 0.15) is 24.8 Å².